The van der Waals surface area contributed by atoms with Gasteiger partial charge in [0, 0.05) is 30.4 Å². The van der Waals surface area contributed by atoms with Crippen LogP contribution in [-0.4, -0.2) is 41.1 Å². The number of pyridine rings is 1. The summed E-state index contributed by atoms with van der Waals surface area (Å²) < 4.78 is 61.4. The molecule has 13 heteroatoms. The second-order valence-corrected chi connectivity index (χ2v) is 12.4. The number of benzene rings is 2. The van der Waals surface area contributed by atoms with E-state index in [2.05, 4.69) is 20.1 Å². The molecule has 0 spiro atoms. The van der Waals surface area contributed by atoms with Crippen molar-refractivity contribution < 1.29 is 26.7 Å². The Morgan fingerprint density at radius 1 is 1.12 bits per heavy atom. The lowest BCUT2D eigenvalue weighted by Gasteiger charge is -2.25. The van der Waals surface area contributed by atoms with Crippen LogP contribution in [0.2, 0.25) is 5.02 Å². The molecule has 40 heavy (non-hydrogen) atoms. The predicted molar refractivity (Wildman–Crippen MR) is 150 cm³/mol. The van der Waals surface area contributed by atoms with Crippen molar-refractivity contribution in [1.29, 1.82) is 0 Å². The summed E-state index contributed by atoms with van der Waals surface area (Å²) in [6.45, 7) is 5.14. The zero-order valence-electron chi connectivity index (χ0n) is 22.4. The molecule has 9 nitrogen and oxygen atoms in total. The van der Waals surface area contributed by atoms with Gasteiger partial charge in [0.25, 0.3) is 0 Å². The highest BCUT2D eigenvalue weighted by molar-refractivity contribution is 7.92. The molecule has 1 unspecified atom stereocenters. The molecule has 2 aromatic carbocycles. The van der Waals surface area contributed by atoms with E-state index in [0.717, 1.165) is 12.3 Å². The summed E-state index contributed by atoms with van der Waals surface area (Å²) in [5.74, 6) is -1.46. The number of alkyl carbamates (subject to hydrolysis) is 1. The van der Waals surface area contributed by atoms with E-state index in [1.807, 2.05) is 0 Å². The van der Waals surface area contributed by atoms with E-state index in [9.17, 15) is 22.0 Å². The molecule has 0 aliphatic heterocycles. The van der Waals surface area contributed by atoms with Crippen molar-refractivity contribution in [2.45, 2.75) is 38.8 Å². The number of amides is 1. The van der Waals surface area contributed by atoms with Gasteiger partial charge in [-0.25, -0.2) is 22.0 Å². The van der Waals surface area contributed by atoms with Crippen LogP contribution in [0.15, 0.2) is 48.7 Å². The molecule has 2 N–H and O–H groups in total. The Morgan fingerprint density at radius 3 is 2.42 bits per heavy atom. The van der Waals surface area contributed by atoms with Gasteiger partial charge >= 0.3 is 6.09 Å². The second kappa shape index (κ2) is 11.0. The fourth-order valence-corrected chi connectivity index (χ4v) is 5.13. The zero-order valence-corrected chi connectivity index (χ0v) is 24.0. The number of hydrogen-bond acceptors (Lipinski definition) is 6. The number of ether oxygens (including phenoxy) is 1. The van der Waals surface area contributed by atoms with Crippen LogP contribution < -0.4 is 10.0 Å². The molecule has 1 amide bonds. The van der Waals surface area contributed by atoms with Gasteiger partial charge in [-0.2, -0.15) is 5.10 Å². The monoisotopic (exact) mass is 591 g/mol. The van der Waals surface area contributed by atoms with Crippen LogP contribution >= 0.6 is 11.6 Å². The van der Waals surface area contributed by atoms with Gasteiger partial charge in [-0.1, -0.05) is 23.7 Å². The number of anilines is 1. The zero-order chi connectivity index (χ0) is 29.4. The third-order valence-electron chi connectivity index (χ3n) is 5.73. The van der Waals surface area contributed by atoms with Crippen LogP contribution in [0, 0.1) is 11.6 Å². The summed E-state index contributed by atoms with van der Waals surface area (Å²) in [5, 5.41) is 7.74. The quantitative estimate of drug-likeness (QED) is 0.283. The van der Waals surface area contributed by atoms with Gasteiger partial charge in [0.1, 0.15) is 17.2 Å². The van der Waals surface area contributed by atoms with E-state index < -0.39 is 39.4 Å². The number of aromatic nitrogens is 3. The molecule has 1 atom stereocenters. The molecule has 212 valence electrons. The Hall–Kier alpha value is -3.77. The van der Waals surface area contributed by atoms with Crippen LogP contribution in [-0.2, 0) is 28.2 Å². The minimum atomic E-state index is -3.66. The van der Waals surface area contributed by atoms with Gasteiger partial charge in [0.2, 0.25) is 10.0 Å². The molecule has 0 saturated carbocycles. The van der Waals surface area contributed by atoms with E-state index in [-0.39, 0.29) is 22.8 Å². The van der Waals surface area contributed by atoms with Crippen molar-refractivity contribution >= 4 is 44.4 Å². The Balaban J connectivity index is 1.89. The van der Waals surface area contributed by atoms with Gasteiger partial charge in [-0.15, -0.1) is 0 Å². The maximum absolute atomic E-state index is 14.0. The maximum atomic E-state index is 14.0. The molecule has 2 aromatic heterocycles. The van der Waals surface area contributed by atoms with Crippen molar-refractivity contribution in [3.63, 3.8) is 0 Å². The van der Waals surface area contributed by atoms with Crippen molar-refractivity contribution in [3.8, 4) is 11.1 Å². The Kier molecular flexibility index (Phi) is 8.04. The van der Waals surface area contributed by atoms with E-state index >= 15 is 0 Å². The summed E-state index contributed by atoms with van der Waals surface area (Å²) in [6.07, 6.45) is 1.78. The van der Waals surface area contributed by atoms with Crippen LogP contribution in [0.1, 0.15) is 38.1 Å². The summed E-state index contributed by atoms with van der Waals surface area (Å²) in [5.41, 5.74) is 1.50. The number of hydrogen-bond donors (Lipinski definition) is 2. The van der Waals surface area contributed by atoms with Gasteiger partial charge in [-0.3, -0.25) is 14.4 Å². The number of halogens is 3. The van der Waals surface area contributed by atoms with Crippen molar-refractivity contribution in [2.24, 2.45) is 7.05 Å². The third-order valence-corrected chi connectivity index (χ3v) is 6.61. The third kappa shape index (κ3) is 6.86. The lowest BCUT2D eigenvalue weighted by atomic mass is 9.94. The topological polar surface area (TPSA) is 115 Å². The highest BCUT2D eigenvalue weighted by atomic mass is 35.5. The molecular formula is C27H28ClF2N5O4S. The number of nitrogens with zero attached hydrogens (tertiary/aromatic N) is 3. The van der Waals surface area contributed by atoms with E-state index in [4.69, 9.17) is 16.3 Å². The summed E-state index contributed by atoms with van der Waals surface area (Å²) in [6, 6.07) is 9.03. The maximum Gasteiger partial charge on any atom is 0.408 e. The minimum absolute atomic E-state index is 0.0130. The van der Waals surface area contributed by atoms with Gasteiger partial charge < -0.3 is 10.1 Å². The Labute approximate surface area is 235 Å². The molecule has 0 bridgehead atoms. The first-order chi connectivity index (χ1) is 18.6. The van der Waals surface area contributed by atoms with E-state index in [1.54, 1.807) is 52.1 Å². The van der Waals surface area contributed by atoms with Gasteiger partial charge in [0.15, 0.2) is 5.82 Å². The summed E-state index contributed by atoms with van der Waals surface area (Å²) >= 11 is 6.49. The van der Waals surface area contributed by atoms with E-state index in [0.29, 0.717) is 27.7 Å². The highest BCUT2D eigenvalue weighted by Crippen LogP contribution is 2.39. The number of fused-ring (bicyclic) bond motifs is 1. The number of aryl methyl sites for hydroxylation is 1. The molecule has 0 fully saturated rings. The van der Waals surface area contributed by atoms with Crippen molar-refractivity contribution in [2.75, 3.05) is 11.0 Å². The normalized spacial score (nSPS) is 12.8. The Morgan fingerprint density at radius 2 is 1.80 bits per heavy atom. The summed E-state index contributed by atoms with van der Waals surface area (Å²) in [7, 11) is -2.02. The fraction of sp³-hybridized carbons (Fsp3) is 0.296. The van der Waals surface area contributed by atoms with Crippen LogP contribution in [0.3, 0.4) is 0 Å². The molecule has 0 aliphatic rings. The number of carbonyl (C=O) groups excluding carboxylic acids is 1. The lowest BCUT2D eigenvalue weighted by molar-refractivity contribution is 0.0502. The first kappa shape index (κ1) is 29.2. The largest absolute Gasteiger partial charge is 0.444 e. The van der Waals surface area contributed by atoms with Crippen molar-refractivity contribution in [3.05, 3.63) is 76.6 Å². The number of nitrogens with one attached hydrogen (secondary N) is 2. The first-order valence-corrected chi connectivity index (χ1v) is 14.4. The van der Waals surface area contributed by atoms with Crippen LogP contribution in [0.25, 0.3) is 22.0 Å². The summed E-state index contributed by atoms with van der Waals surface area (Å²) in [4.78, 5) is 17.4. The number of sulfonamides is 1. The Bertz CT molecular complexity index is 1680. The minimum Gasteiger partial charge on any atom is -0.444 e. The van der Waals surface area contributed by atoms with Crippen LogP contribution in [0.4, 0.5) is 19.4 Å². The van der Waals surface area contributed by atoms with E-state index in [1.165, 1.54) is 23.0 Å². The van der Waals surface area contributed by atoms with Crippen LogP contribution in [0.5, 0.6) is 0 Å². The highest BCUT2D eigenvalue weighted by Gasteiger charge is 2.27. The molecule has 0 radical (unpaired) electrons. The lowest BCUT2D eigenvalue weighted by Crippen LogP contribution is -2.36. The average Bonchev–Trinajstić information content (AvgIpc) is 3.12. The SMILES string of the molecule is Cn1nc(NS(C)(=O)=O)c2c(Cl)ccc(-c3cccnc3C(Cc3cc(F)cc(F)c3)NC(=O)OC(C)(C)C)c21. The second-order valence-electron chi connectivity index (χ2n) is 10.3. The smallest absolute Gasteiger partial charge is 0.408 e. The average molecular weight is 592 g/mol. The first-order valence-electron chi connectivity index (χ1n) is 12.1. The standard InChI is InChI=1S/C27H28ClF2N5O4S/c1-27(2,3)39-26(36)32-21(13-15-11-16(29)14-17(30)12-15)23-18(7-6-10-31-23)19-8-9-20(28)22-24(19)35(4)33-25(22)34-40(5,37)38/h6-12,14,21H,13H2,1-5H3,(H,32,36)(H,33,34). The van der Waals surface area contributed by atoms with Gasteiger partial charge in [-0.05, 0) is 57.0 Å². The van der Waals surface area contributed by atoms with Gasteiger partial charge in [0.05, 0.1) is 33.9 Å². The molecular weight excluding hydrogens is 564 g/mol. The molecule has 2 heterocycles. The molecule has 0 saturated heterocycles. The van der Waals surface area contributed by atoms with Crippen molar-refractivity contribution in [1.82, 2.24) is 20.1 Å². The fourth-order valence-electron chi connectivity index (χ4n) is 4.40. The molecule has 0 aliphatic carbocycles. The number of rotatable bonds is 7. The molecule has 4 aromatic rings. The predicted octanol–water partition coefficient (Wildman–Crippen LogP) is 5.75. The number of carbonyl (C=O) groups is 1. The molecule has 4 rings (SSSR count).